The summed E-state index contributed by atoms with van der Waals surface area (Å²) in [7, 11) is 1.68. The normalized spacial score (nSPS) is 18.9. The maximum atomic E-state index is 6.37. The molecule has 2 saturated heterocycles. The molecule has 2 fully saturated rings. The predicted octanol–water partition coefficient (Wildman–Crippen LogP) is 2.53. The monoisotopic (exact) mass is 522 g/mol. The number of benzene rings is 1. The van der Waals surface area contributed by atoms with Gasteiger partial charge in [0.15, 0.2) is 16.6 Å². The van der Waals surface area contributed by atoms with Gasteiger partial charge in [0.05, 0.1) is 31.1 Å². The molecule has 2 atom stereocenters. The van der Waals surface area contributed by atoms with E-state index < -0.39 is 0 Å². The summed E-state index contributed by atoms with van der Waals surface area (Å²) < 4.78 is 12.1. The molecule has 11 heteroatoms. The van der Waals surface area contributed by atoms with E-state index in [2.05, 4.69) is 47.3 Å². The lowest BCUT2D eigenvalue weighted by Crippen LogP contribution is -2.51. The first-order valence-electron chi connectivity index (χ1n) is 12.9. The summed E-state index contributed by atoms with van der Waals surface area (Å²) in [5.41, 5.74) is 1.70. The van der Waals surface area contributed by atoms with Gasteiger partial charge in [-0.2, -0.15) is 0 Å². The van der Waals surface area contributed by atoms with E-state index >= 15 is 0 Å². The highest BCUT2D eigenvalue weighted by atomic mass is 32.1. The van der Waals surface area contributed by atoms with Gasteiger partial charge in [0.2, 0.25) is 0 Å². The lowest BCUT2D eigenvalue weighted by molar-refractivity contribution is 0.148. The van der Waals surface area contributed by atoms with Crippen molar-refractivity contribution in [1.82, 2.24) is 35.5 Å². The molecule has 0 aliphatic carbocycles. The van der Waals surface area contributed by atoms with Crippen LogP contribution in [-0.4, -0.2) is 81.9 Å². The summed E-state index contributed by atoms with van der Waals surface area (Å²) in [5, 5.41) is 8.54. The van der Waals surface area contributed by atoms with E-state index in [1.165, 1.54) is 12.8 Å². The standard InChI is InChI=1S/C26H34N8O2S/c1-18(21-5-3-4-6-29-21)36-24-14-22-20(13-23(24)35-2)25(32-17-31-22)33-9-11-34(12-10-33)26(37)30-16-19-15-27-7-8-28-19/h7-8,13-15,17-18,21,29H,3-6,9-12,16H2,1-2H3,(H,30,37). The van der Waals surface area contributed by atoms with Crippen LogP contribution in [0.4, 0.5) is 5.82 Å². The van der Waals surface area contributed by atoms with E-state index in [9.17, 15) is 0 Å². The predicted molar refractivity (Wildman–Crippen MR) is 147 cm³/mol. The van der Waals surface area contributed by atoms with Gasteiger partial charge in [-0.1, -0.05) is 6.42 Å². The fourth-order valence-electron chi connectivity index (χ4n) is 4.94. The zero-order valence-corrected chi connectivity index (χ0v) is 22.2. The second kappa shape index (κ2) is 11.8. The molecule has 2 N–H and O–H groups in total. The highest BCUT2D eigenvalue weighted by Gasteiger charge is 2.25. The Hall–Kier alpha value is -3.31. The molecule has 4 heterocycles. The molecule has 2 aromatic heterocycles. The second-order valence-corrected chi connectivity index (χ2v) is 9.81. The topological polar surface area (TPSA) is 101 Å². The molecule has 2 aliphatic rings. The summed E-state index contributed by atoms with van der Waals surface area (Å²) in [5.74, 6) is 2.30. The van der Waals surface area contributed by atoms with Gasteiger partial charge in [0, 0.05) is 56.1 Å². The van der Waals surface area contributed by atoms with Crippen LogP contribution >= 0.6 is 12.2 Å². The average Bonchev–Trinajstić information content (AvgIpc) is 2.96. The van der Waals surface area contributed by atoms with Crippen LogP contribution in [-0.2, 0) is 6.54 Å². The van der Waals surface area contributed by atoms with Crippen molar-refractivity contribution in [2.75, 3.05) is 44.7 Å². The van der Waals surface area contributed by atoms with Gasteiger partial charge in [-0.15, -0.1) is 0 Å². The quantitative estimate of drug-likeness (QED) is 0.448. The number of hydrogen-bond acceptors (Lipinski definition) is 9. The Morgan fingerprint density at radius 1 is 1.14 bits per heavy atom. The van der Waals surface area contributed by atoms with Crippen LogP contribution in [0.5, 0.6) is 11.5 Å². The van der Waals surface area contributed by atoms with Gasteiger partial charge in [-0.25, -0.2) is 9.97 Å². The third kappa shape index (κ3) is 5.99. The molecule has 196 valence electrons. The number of aromatic nitrogens is 4. The Balaban J connectivity index is 1.26. The van der Waals surface area contributed by atoms with Gasteiger partial charge in [-0.3, -0.25) is 9.97 Å². The summed E-state index contributed by atoms with van der Waals surface area (Å²) in [6.07, 6.45) is 10.3. The Bertz CT molecular complexity index is 1200. The number of hydrogen-bond donors (Lipinski definition) is 2. The number of thiocarbonyl (C=S) groups is 1. The fraction of sp³-hybridized carbons (Fsp3) is 0.500. The van der Waals surface area contributed by atoms with Gasteiger partial charge in [0.25, 0.3) is 0 Å². The Morgan fingerprint density at radius 3 is 2.73 bits per heavy atom. The van der Waals surface area contributed by atoms with Gasteiger partial charge in [0.1, 0.15) is 18.2 Å². The second-order valence-electron chi connectivity index (χ2n) is 9.43. The molecule has 10 nitrogen and oxygen atoms in total. The highest BCUT2D eigenvalue weighted by molar-refractivity contribution is 7.80. The minimum atomic E-state index is 0.0346. The molecule has 0 radical (unpaired) electrons. The summed E-state index contributed by atoms with van der Waals surface area (Å²) in [6, 6.07) is 4.31. The number of methoxy groups -OCH3 is 1. The molecule has 2 unspecified atom stereocenters. The summed E-state index contributed by atoms with van der Waals surface area (Å²) in [4.78, 5) is 22.0. The molecule has 0 saturated carbocycles. The minimum Gasteiger partial charge on any atom is -0.493 e. The molecule has 0 amide bonds. The zero-order chi connectivity index (χ0) is 25.6. The van der Waals surface area contributed by atoms with Crippen LogP contribution in [0.1, 0.15) is 31.9 Å². The summed E-state index contributed by atoms with van der Waals surface area (Å²) >= 11 is 5.62. The van der Waals surface area contributed by atoms with Crippen LogP contribution in [0.15, 0.2) is 37.1 Å². The molecule has 2 aliphatic heterocycles. The number of piperazine rings is 1. The van der Waals surface area contributed by atoms with Crippen LogP contribution in [0.2, 0.25) is 0 Å². The molecular weight excluding hydrogens is 488 g/mol. The third-order valence-electron chi connectivity index (χ3n) is 7.03. The smallest absolute Gasteiger partial charge is 0.169 e. The van der Waals surface area contributed by atoms with Crippen molar-refractivity contribution in [1.29, 1.82) is 0 Å². The van der Waals surface area contributed by atoms with Gasteiger partial charge >= 0.3 is 0 Å². The van der Waals surface area contributed by atoms with E-state index in [1.807, 2.05) is 12.1 Å². The van der Waals surface area contributed by atoms with Crippen LogP contribution < -0.4 is 25.0 Å². The van der Waals surface area contributed by atoms with Gasteiger partial charge in [-0.05, 0) is 44.6 Å². The third-order valence-corrected chi connectivity index (χ3v) is 7.43. The van der Waals surface area contributed by atoms with E-state index in [0.29, 0.717) is 24.1 Å². The van der Waals surface area contributed by atoms with E-state index in [0.717, 1.165) is 66.7 Å². The number of ether oxygens (including phenoxy) is 2. The summed E-state index contributed by atoms with van der Waals surface area (Å²) in [6.45, 7) is 6.89. The molecule has 5 rings (SSSR count). The highest BCUT2D eigenvalue weighted by Crippen LogP contribution is 2.36. The van der Waals surface area contributed by atoms with Crippen LogP contribution in [0.25, 0.3) is 10.9 Å². The Morgan fingerprint density at radius 2 is 2.00 bits per heavy atom. The van der Waals surface area contributed by atoms with Crippen molar-refractivity contribution in [3.8, 4) is 11.5 Å². The number of nitrogens with one attached hydrogen (secondary N) is 2. The number of piperidine rings is 1. The maximum Gasteiger partial charge on any atom is 0.169 e. The SMILES string of the molecule is COc1cc2c(N3CCN(C(=S)NCc4cnccn4)CC3)ncnc2cc1OC(C)C1CCCCN1. The molecular formula is C26H34N8O2S. The molecule has 3 aromatic rings. The van der Waals surface area contributed by atoms with Crippen molar-refractivity contribution in [3.05, 3.63) is 42.7 Å². The number of anilines is 1. The van der Waals surface area contributed by atoms with Crippen molar-refractivity contribution in [2.45, 2.75) is 44.9 Å². The van der Waals surface area contributed by atoms with Crippen molar-refractivity contribution in [2.24, 2.45) is 0 Å². The van der Waals surface area contributed by atoms with E-state index in [4.69, 9.17) is 21.7 Å². The zero-order valence-electron chi connectivity index (χ0n) is 21.4. The largest absolute Gasteiger partial charge is 0.493 e. The van der Waals surface area contributed by atoms with E-state index in [-0.39, 0.29) is 6.10 Å². The first-order valence-corrected chi connectivity index (χ1v) is 13.3. The van der Waals surface area contributed by atoms with Crippen molar-refractivity contribution in [3.63, 3.8) is 0 Å². The number of rotatable bonds is 7. The van der Waals surface area contributed by atoms with Crippen LogP contribution in [0.3, 0.4) is 0 Å². The number of nitrogens with zero attached hydrogens (tertiary/aromatic N) is 6. The average molecular weight is 523 g/mol. The first-order chi connectivity index (χ1) is 18.1. The van der Waals surface area contributed by atoms with Crippen molar-refractivity contribution >= 4 is 34.1 Å². The van der Waals surface area contributed by atoms with E-state index in [1.54, 1.807) is 32.0 Å². The lowest BCUT2D eigenvalue weighted by Gasteiger charge is -2.37. The Labute approximate surface area is 222 Å². The number of fused-ring (bicyclic) bond motifs is 1. The molecule has 37 heavy (non-hydrogen) atoms. The molecule has 0 bridgehead atoms. The van der Waals surface area contributed by atoms with Crippen LogP contribution in [0, 0.1) is 0 Å². The lowest BCUT2D eigenvalue weighted by atomic mass is 10.0. The first kappa shape index (κ1) is 25.3. The Kier molecular flexibility index (Phi) is 8.10. The fourth-order valence-corrected chi connectivity index (χ4v) is 5.19. The maximum absolute atomic E-state index is 6.37. The minimum absolute atomic E-state index is 0.0346. The van der Waals surface area contributed by atoms with Crippen molar-refractivity contribution < 1.29 is 9.47 Å². The molecule has 0 spiro atoms. The molecule has 1 aromatic carbocycles. The van der Waals surface area contributed by atoms with Gasteiger partial charge < -0.3 is 29.9 Å².